The third kappa shape index (κ3) is 29.3. The van der Waals surface area contributed by atoms with E-state index < -0.39 is 0 Å². The van der Waals surface area contributed by atoms with E-state index in [4.69, 9.17) is 48.4 Å². The Labute approximate surface area is 187 Å². The molecule has 0 spiro atoms. The average molecular weight is 454 g/mol. The Bertz CT molecular complexity index is 338. The molecule has 10 heteroatoms. The number of rotatable bonds is 28. The summed E-state index contributed by atoms with van der Waals surface area (Å²) in [7, 11) is 0. The van der Waals surface area contributed by atoms with E-state index in [0.29, 0.717) is 125 Å². The van der Waals surface area contributed by atoms with E-state index >= 15 is 0 Å². The molecular weight excluding hydrogens is 410 g/mol. The lowest BCUT2D eigenvalue weighted by atomic mass is 10.6. The Balaban J connectivity index is 2.98. The Morgan fingerprint density at radius 2 is 0.613 bits per heavy atom. The van der Waals surface area contributed by atoms with Gasteiger partial charge in [-0.05, 0) is 0 Å². The molecule has 0 radical (unpaired) electrons. The highest BCUT2D eigenvalue weighted by Crippen LogP contribution is 1.86. The average Bonchev–Trinajstić information content (AvgIpc) is 2.78. The molecule has 0 amide bonds. The first-order valence-electron chi connectivity index (χ1n) is 10.9. The fourth-order valence-corrected chi connectivity index (χ4v) is 2.01. The molecular formula is C21H43NO9. The maximum Gasteiger partial charge on any atom is 0.0704 e. The number of hydrogen-bond acceptors (Lipinski definition) is 10. The van der Waals surface area contributed by atoms with E-state index in [1.165, 1.54) is 0 Å². The summed E-state index contributed by atoms with van der Waals surface area (Å²) >= 11 is 0. The summed E-state index contributed by atoms with van der Waals surface area (Å²) in [5.74, 6) is 0. The van der Waals surface area contributed by atoms with Crippen LogP contribution < -0.4 is 5.73 Å². The molecule has 10 nitrogen and oxygen atoms in total. The highest BCUT2D eigenvalue weighted by atomic mass is 16.6. The van der Waals surface area contributed by atoms with Crippen LogP contribution >= 0.6 is 0 Å². The van der Waals surface area contributed by atoms with E-state index in [1.807, 2.05) is 0 Å². The van der Waals surface area contributed by atoms with Crippen LogP contribution in [0.25, 0.3) is 0 Å². The second-order valence-electron chi connectivity index (χ2n) is 6.05. The van der Waals surface area contributed by atoms with Gasteiger partial charge in [0.25, 0.3) is 0 Å². The maximum absolute atomic E-state index is 5.42. The van der Waals surface area contributed by atoms with Crippen LogP contribution in [-0.2, 0) is 42.6 Å². The zero-order chi connectivity index (χ0) is 22.5. The molecule has 0 aromatic rings. The van der Waals surface area contributed by atoms with Crippen molar-refractivity contribution in [2.24, 2.45) is 5.73 Å². The Kier molecular flexibility index (Phi) is 28.7. The SMILES string of the molecule is C=CCOCCOCCOCCOCCOCCOCCOCCOCCOCCN. The van der Waals surface area contributed by atoms with Crippen molar-refractivity contribution in [2.45, 2.75) is 0 Å². The molecule has 0 atom stereocenters. The first-order valence-corrected chi connectivity index (χ1v) is 10.9. The molecule has 0 bridgehead atoms. The van der Waals surface area contributed by atoms with E-state index in [2.05, 4.69) is 6.58 Å². The van der Waals surface area contributed by atoms with Crippen molar-refractivity contribution in [3.05, 3.63) is 12.7 Å². The van der Waals surface area contributed by atoms with Gasteiger partial charge in [-0.3, -0.25) is 0 Å². The summed E-state index contributed by atoms with van der Waals surface area (Å²) in [4.78, 5) is 0. The van der Waals surface area contributed by atoms with Gasteiger partial charge in [0.2, 0.25) is 0 Å². The number of hydrogen-bond donors (Lipinski definition) is 1. The normalized spacial score (nSPS) is 11.3. The maximum atomic E-state index is 5.42. The molecule has 31 heavy (non-hydrogen) atoms. The van der Waals surface area contributed by atoms with Crippen LogP contribution in [0.5, 0.6) is 0 Å². The van der Waals surface area contributed by atoms with Gasteiger partial charge in [-0.15, -0.1) is 6.58 Å². The third-order valence-corrected chi connectivity index (χ3v) is 3.47. The fourth-order valence-electron chi connectivity index (χ4n) is 2.01. The number of nitrogens with two attached hydrogens (primary N) is 1. The molecule has 0 saturated heterocycles. The van der Waals surface area contributed by atoms with Crippen molar-refractivity contribution < 1.29 is 42.6 Å². The summed E-state index contributed by atoms with van der Waals surface area (Å²) in [5, 5.41) is 0. The van der Waals surface area contributed by atoms with Gasteiger partial charge >= 0.3 is 0 Å². The first-order chi connectivity index (χ1) is 15.4. The summed E-state index contributed by atoms with van der Waals surface area (Å²) < 4.78 is 48.1. The van der Waals surface area contributed by atoms with Crippen LogP contribution in [0.3, 0.4) is 0 Å². The minimum Gasteiger partial charge on any atom is -0.378 e. The van der Waals surface area contributed by atoms with E-state index in [9.17, 15) is 0 Å². The largest absolute Gasteiger partial charge is 0.378 e. The van der Waals surface area contributed by atoms with Crippen molar-refractivity contribution in [3.8, 4) is 0 Å². The molecule has 0 aliphatic carbocycles. The third-order valence-electron chi connectivity index (χ3n) is 3.47. The minimum atomic E-state index is 0.527. The Morgan fingerprint density at radius 3 is 0.839 bits per heavy atom. The highest BCUT2D eigenvalue weighted by molar-refractivity contribution is 4.63. The van der Waals surface area contributed by atoms with Crippen molar-refractivity contribution in [2.75, 3.05) is 125 Å². The molecule has 0 aromatic carbocycles. The standard InChI is InChI=1S/C21H43NO9/c1-2-4-23-6-8-25-10-12-27-14-16-29-18-20-31-21-19-30-17-15-28-13-11-26-9-7-24-5-3-22/h2H,1,3-22H2. The molecule has 0 aromatic heterocycles. The van der Waals surface area contributed by atoms with E-state index in [1.54, 1.807) is 6.08 Å². The second kappa shape index (κ2) is 29.3. The first kappa shape index (κ1) is 30.3. The molecule has 0 unspecified atom stereocenters. The van der Waals surface area contributed by atoms with Gasteiger partial charge in [-0.25, -0.2) is 0 Å². The quantitative estimate of drug-likeness (QED) is 0.131. The van der Waals surface area contributed by atoms with Crippen molar-refractivity contribution in [3.63, 3.8) is 0 Å². The van der Waals surface area contributed by atoms with E-state index in [-0.39, 0.29) is 0 Å². The summed E-state index contributed by atoms with van der Waals surface area (Å²) in [6.45, 7) is 13.9. The molecule has 0 heterocycles. The van der Waals surface area contributed by atoms with Crippen molar-refractivity contribution in [1.29, 1.82) is 0 Å². The van der Waals surface area contributed by atoms with Gasteiger partial charge < -0.3 is 48.4 Å². The Morgan fingerprint density at radius 1 is 0.387 bits per heavy atom. The van der Waals surface area contributed by atoms with Gasteiger partial charge in [-0.2, -0.15) is 0 Å². The van der Waals surface area contributed by atoms with Gasteiger partial charge in [-0.1, -0.05) is 6.08 Å². The van der Waals surface area contributed by atoms with Gasteiger partial charge in [0, 0.05) is 6.54 Å². The van der Waals surface area contributed by atoms with Crippen LogP contribution in [0.1, 0.15) is 0 Å². The molecule has 0 rings (SSSR count). The number of ether oxygens (including phenoxy) is 9. The van der Waals surface area contributed by atoms with Crippen molar-refractivity contribution in [1.82, 2.24) is 0 Å². The molecule has 0 aliphatic rings. The lowest BCUT2D eigenvalue weighted by molar-refractivity contribution is -0.0245. The smallest absolute Gasteiger partial charge is 0.0704 e. The Hall–Kier alpha value is -0.660. The molecule has 0 aliphatic heterocycles. The second-order valence-corrected chi connectivity index (χ2v) is 6.05. The predicted octanol–water partition coefficient (Wildman–Crippen LogP) is 0.281. The zero-order valence-corrected chi connectivity index (χ0v) is 19.0. The van der Waals surface area contributed by atoms with E-state index in [0.717, 1.165) is 0 Å². The molecule has 2 N–H and O–H groups in total. The van der Waals surface area contributed by atoms with Crippen LogP contribution in [0.4, 0.5) is 0 Å². The lowest BCUT2D eigenvalue weighted by Crippen LogP contribution is -2.15. The molecule has 0 fully saturated rings. The summed E-state index contributed by atoms with van der Waals surface area (Å²) in [6.07, 6.45) is 1.71. The van der Waals surface area contributed by atoms with Gasteiger partial charge in [0.1, 0.15) is 0 Å². The van der Waals surface area contributed by atoms with Gasteiger partial charge in [0.15, 0.2) is 0 Å². The van der Waals surface area contributed by atoms with Crippen LogP contribution in [0.2, 0.25) is 0 Å². The summed E-state index contributed by atoms with van der Waals surface area (Å²) in [6, 6.07) is 0. The monoisotopic (exact) mass is 453 g/mol. The van der Waals surface area contributed by atoms with Crippen LogP contribution in [-0.4, -0.2) is 125 Å². The highest BCUT2D eigenvalue weighted by Gasteiger charge is 1.95. The van der Waals surface area contributed by atoms with Crippen LogP contribution in [0.15, 0.2) is 12.7 Å². The summed E-state index contributed by atoms with van der Waals surface area (Å²) in [5.41, 5.74) is 5.31. The minimum absolute atomic E-state index is 0.527. The zero-order valence-electron chi connectivity index (χ0n) is 19.0. The fraction of sp³-hybridized carbons (Fsp3) is 0.905. The lowest BCUT2D eigenvalue weighted by Gasteiger charge is -2.08. The molecule has 186 valence electrons. The topological polar surface area (TPSA) is 109 Å². The van der Waals surface area contributed by atoms with Crippen LogP contribution in [0, 0.1) is 0 Å². The van der Waals surface area contributed by atoms with Gasteiger partial charge in [0.05, 0.1) is 119 Å². The molecule has 0 saturated carbocycles. The predicted molar refractivity (Wildman–Crippen MR) is 117 cm³/mol. The van der Waals surface area contributed by atoms with Crippen molar-refractivity contribution >= 4 is 0 Å².